The molecule has 27 heavy (non-hydrogen) atoms. The van der Waals surface area contributed by atoms with E-state index in [9.17, 15) is 29.7 Å². The third-order valence-corrected chi connectivity index (χ3v) is 5.13. The summed E-state index contributed by atoms with van der Waals surface area (Å²) in [5, 5.41) is 28.7. The molecule has 0 aliphatic carbocycles. The molecule has 0 saturated carbocycles. The van der Waals surface area contributed by atoms with Gasteiger partial charge < -0.3 is 20.2 Å². The molecule has 144 valence electrons. The number of amides is 2. The number of carbonyl (C=O) groups excluding carboxylic acids is 1. The molecule has 3 rings (SSSR count). The van der Waals surface area contributed by atoms with Crippen molar-refractivity contribution in [3.8, 4) is 0 Å². The van der Waals surface area contributed by atoms with E-state index in [0.29, 0.717) is 19.5 Å². The molecule has 1 saturated heterocycles. The molecule has 1 aromatic rings. The van der Waals surface area contributed by atoms with Crippen molar-refractivity contribution in [1.29, 1.82) is 0 Å². The van der Waals surface area contributed by atoms with Crippen LogP contribution in [0.4, 0.5) is 4.79 Å². The Morgan fingerprint density at radius 2 is 1.78 bits per heavy atom. The van der Waals surface area contributed by atoms with Crippen molar-refractivity contribution >= 4 is 23.5 Å². The van der Waals surface area contributed by atoms with Crippen molar-refractivity contribution in [1.82, 2.24) is 9.80 Å². The van der Waals surface area contributed by atoms with E-state index in [-0.39, 0.29) is 13.0 Å². The molecule has 3 N–H and O–H groups in total. The average molecular weight is 374 g/mol. The van der Waals surface area contributed by atoms with Crippen molar-refractivity contribution in [2.24, 2.45) is 5.92 Å². The Kier molecular flexibility index (Phi) is 5.46. The maximum atomic E-state index is 13.0. The zero-order valence-corrected chi connectivity index (χ0v) is 14.7. The number of carbonyl (C=O) groups is 3. The number of β-amino-alcohol motifs (C(OH)–C–C–N with tert-alkyl or cyclic N) is 1. The van der Waals surface area contributed by atoms with Gasteiger partial charge in [-0.25, -0.2) is 4.79 Å². The standard InChI is InChI=1S/C19H22N2O6/c22-14-10-15(18(24)25)16(21(11-14)19(26)27)17(23)20-8-6-13(7-9-20)12-4-2-1-3-5-12/h1-6,14-16,22H,7-11H2,(H,24,25)(H,26,27)/t14-,15?,16?/m1/s1. The highest BCUT2D eigenvalue weighted by Crippen LogP contribution is 2.28. The first-order valence-electron chi connectivity index (χ1n) is 8.82. The Balaban J connectivity index is 1.79. The van der Waals surface area contributed by atoms with Crippen LogP contribution in [-0.2, 0) is 9.59 Å². The Hall–Kier alpha value is -2.87. The molecule has 2 aliphatic rings. The molecule has 0 aromatic heterocycles. The number of aliphatic carboxylic acids is 1. The van der Waals surface area contributed by atoms with E-state index in [4.69, 9.17) is 0 Å². The molecule has 1 aromatic carbocycles. The molecule has 8 nitrogen and oxygen atoms in total. The topological polar surface area (TPSA) is 118 Å². The van der Waals surface area contributed by atoms with Crippen LogP contribution in [0, 0.1) is 5.92 Å². The monoisotopic (exact) mass is 374 g/mol. The molecule has 2 unspecified atom stereocenters. The normalized spacial score (nSPS) is 25.7. The molecule has 0 bridgehead atoms. The molecular weight excluding hydrogens is 352 g/mol. The van der Waals surface area contributed by atoms with Gasteiger partial charge >= 0.3 is 12.1 Å². The lowest BCUT2D eigenvalue weighted by Gasteiger charge is -2.41. The minimum atomic E-state index is -1.41. The van der Waals surface area contributed by atoms with Crippen LogP contribution >= 0.6 is 0 Å². The Morgan fingerprint density at radius 1 is 1.07 bits per heavy atom. The first-order chi connectivity index (χ1) is 12.9. The van der Waals surface area contributed by atoms with Gasteiger partial charge in [0.15, 0.2) is 0 Å². The number of carboxylic acid groups (broad SMARTS) is 2. The fourth-order valence-corrected chi connectivity index (χ4v) is 3.76. The fourth-order valence-electron chi connectivity index (χ4n) is 3.76. The summed E-state index contributed by atoms with van der Waals surface area (Å²) in [6.45, 7) is 0.411. The van der Waals surface area contributed by atoms with Crippen LogP contribution in [0.2, 0.25) is 0 Å². The number of nitrogens with zero attached hydrogens (tertiary/aromatic N) is 2. The van der Waals surface area contributed by atoms with Gasteiger partial charge in [-0.05, 0) is 24.0 Å². The van der Waals surface area contributed by atoms with E-state index < -0.39 is 36.0 Å². The largest absolute Gasteiger partial charge is 0.481 e. The van der Waals surface area contributed by atoms with Gasteiger partial charge in [-0.1, -0.05) is 36.4 Å². The molecule has 0 radical (unpaired) electrons. The lowest BCUT2D eigenvalue weighted by atomic mass is 9.86. The summed E-state index contributed by atoms with van der Waals surface area (Å²) >= 11 is 0. The molecule has 2 heterocycles. The number of rotatable bonds is 3. The van der Waals surface area contributed by atoms with E-state index >= 15 is 0 Å². The van der Waals surface area contributed by atoms with E-state index in [1.165, 1.54) is 4.90 Å². The third-order valence-electron chi connectivity index (χ3n) is 5.13. The Bertz CT molecular complexity index is 739. The maximum Gasteiger partial charge on any atom is 0.408 e. The number of aliphatic hydroxyl groups excluding tert-OH is 1. The molecule has 1 fully saturated rings. The SMILES string of the molecule is O=C(O)C1C[C@@H](O)CN(C(=O)O)C1C(=O)N1CC=C(c2ccccc2)CC1. The van der Waals surface area contributed by atoms with E-state index in [2.05, 4.69) is 0 Å². The van der Waals surface area contributed by atoms with Crippen molar-refractivity contribution in [3.05, 3.63) is 42.0 Å². The zero-order chi connectivity index (χ0) is 19.6. The lowest BCUT2D eigenvalue weighted by molar-refractivity contribution is -0.156. The molecular formula is C19H22N2O6. The number of hydrogen-bond acceptors (Lipinski definition) is 4. The Labute approximate surface area is 156 Å². The summed E-state index contributed by atoms with van der Waals surface area (Å²) in [6, 6.07) is 8.44. The van der Waals surface area contributed by atoms with Crippen LogP contribution < -0.4 is 0 Å². The fraction of sp³-hybridized carbons (Fsp3) is 0.421. The molecule has 8 heteroatoms. The van der Waals surface area contributed by atoms with Crippen LogP contribution in [0.5, 0.6) is 0 Å². The van der Waals surface area contributed by atoms with E-state index in [1.807, 2.05) is 36.4 Å². The highest BCUT2D eigenvalue weighted by atomic mass is 16.4. The third kappa shape index (κ3) is 3.95. The average Bonchev–Trinajstić information content (AvgIpc) is 2.67. The van der Waals surface area contributed by atoms with Crippen LogP contribution in [0.1, 0.15) is 18.4 Å². The van der Waals surface area contributed by atoms with Crippen LogP contribution in [-0.4, -0.2) is 74.9 Å². The van der Waals surface area contributed by atoms with Crippen LogP contribution in [0.25, 0.3) is 5.57 Å². The van der Waals surface area contributed by atoms with Gasteiger partial charge in [0, 0.05) is 13.1 Å². The summed E-state index contributed by atoms with van der Waals surface area (Å²) in [7, 11) is 0. The lowest BCUT2D eigenvalue weighted by Crippen LogP contribution is -2.61. The summed E-state index contributed by atoms with van der Waals surface area (Å²) in [5.74, 6) is -3.08. The van der Waals surface area contributed by atoms with Crippen molar-refractivity contribution in [3.63, 3.8) is 0 Å². The maximum absolute atomic E-state index is 13.0. The van der Waals surface area contributed by atoms with Gasteiger partial charge in [0.05, 0.1) is 18.6 Å². The highest BCUT2D eigenvalue weighted by Gasteiger charge is 2.47. The number of benzene rings is 1. The second-order valence-corrected chi connectivity index (χ2v) is 6.84. The van der Waals surface area contributed by atoms with Gasteiger partial charge in [0.2, 0.25) is 5.91 Å². The Morgan fingerprint density at radius 3 is 2.33 bits per heavy atom. The number of likely N-dealkylation sites (tertiary alicyclic amines) is 1. The van der Waals surface area contributed by atoms with Gasteiger partial charge in [-0.3, -0.25) is 14.5 Å². The van der Waals surface area contributed by atoms with Crippen molar-refractivity contribution in [2.75, 3.05) is 19.6 Å². The van der Waals surface area contributed by atoms with Crippen molar-refractivity contribution in [2.45, 2.75) is 25.0 Å². The summed E-state index contributed by atoms with van der Waals surface area (Å²) in [6.07, 6.45) is -0.132. The predicted molar refractivity (Wildman–Crippen MR) is 95.9 cm³/mol. The zero-order valence-electron chi connectivity index (χ0n) is 14.7. The first-order valence-corrected chi connectivity index (χ1v) is 8.82. The van der Waals surface area contributed by atoms with Crippen LogP contribution in [0.15, 0.2) is 36.4 Å². The second-order valence-electron chi connectivity index (χ2n) is 6.84. The number of hydrogen-bond donors (Lipinski definition) is 3. The van der Waals surface area contributed by atoms with Gasteiger partial charge in [0.1, 0.15) is 6.04 Å². The number of carboxylic acids is 1. The number of piperidine rings is 1. The molecule has 2 amide bonds. The molecule has 2 aliphatic heterocycles. The minimum Gasteiger partial charge on any atom is -0.481 e. The summed E-state index contributed by atoms with van der Waals surface area (Å²) < 4.78 is 0. The smallest absolute Gasteiger partial charge is 0.408 e. The molecule has 0 spiro atoms. The van der Waals surface area contributed by atoms with E-state index in [0.717, 1.165) is 16.0 Å². The highest BCUT2D eigenvalue weighted by molar-refractivity contribution is 5.91. The van der Waals surface area contributed by atoms with Gasteiger partial charge in [0.25, 0.3) is 0 Å². The van der Waals surface area contributed by atoms with Crippen molar-refractivity contribution < 1.29 is 29.7 Å². The van der Waals surface area contributed by atoms with Gasteiger partial charge in [-0.2, -0.15) is 0 Å². The summed E-state index contributed by atoms with van der Waals surface area (Å²) in [4.78, 5) is 38.4. The molecule has 3 atom stereocenters. The first kappa shape index (κ1) is 18.9. The predicted octanol–water partition coefficient (Wildman–Crippen LogP) is 1.12. The quantitative estimate of drug-likeness (QED) is 0.730. The van der Waals surface area contributed by atoms with E-state index in [1.54, 1.807) is 0 Å². The summed E-state index contributed by atoms with van der Waals surface area (Å²) in [5.41, 5.74) is 2.17. The minimum absolute atomic E-state index is 0.144. The number of aliphatic hydroxyl groups is 1. The van der Waals surface area contributed by atoms with Gasteiger partial charge in [-0.15, -0.1) is 0 Å². The van der Waals surface area contributed by atoms with Crippen LogP contribution in [0.3, 0.4) is 0 Å². The second kappa shape index (κ2) is 7.79.